The van der Waals surface area contributed by atoms with Crippen molar-refractivity contribution in [3.63, 3.8) is 0 Å². The third kappa shape index (κ3) is 4.53. The minimum atomic E-state index is -0.375. The third-order valence-corrected chi connectivity index (χ3v) is 5.45. The van der Waals surface area contributed by atoms with Crippen LogP contribution in [0.25, 0.3) is 11.0 Å². The van der Waals surface area contributed by atoms with Crippen LogP contribution < -0.4 is 15.5 Å². The summed E-state index contributed by atoms with van der Waals surface area (Å²) in [5.41, 5.74) is 3.25. The second kappa shape index (κ2) is 9.09. The molecule has 9 nitrogen and oxygen atoms in total. The molecule has 0 unspecified atom stereocenters. The minimum absolute atomic E-state index is 0.260. The SMILES string of the molecule is O=C(Nc1ccc(N2CCOCC2)cc1)c1cccc(NC(=O)n2ccc3cncnc32)c1. The summed E-state index contributed by atoms with van der Waals surface area (Å²) in [6.07, 6.45) is 4.67. The Hall–Kier alpha value is -4.24. The molecule has 2 aromatic heterocycles. The summed E-state index contributed by atoms with van der Waals surface area (Å²) in [4.78, 5) is 35.8. The summed E-state index contributed by atoms with van der Waals surface area (Å²) in [6.45, 7) is 3.16. The first-order chi connectivity index (χ1) is 16.2. The number of aromatic nitrogens is 3. The van der Waals surface area contributed by atoms with E-state index in [4.69, 9.17) is 4.74 Å². The van der Waals surface area contributed by atoms with Crippen LogP contribution in [0, 0.1) is 0 Å². The van der Waals surface area contributed by atoms with Gasteiger partial charge < -0.3 is 20.3 Å². The molecule has 0 atom stereocenters. The van der Waals surface area contributed by atoms with E-state index in [0.29, 0.717) is 22.6 Å². The Morgan fingerprint density at radius 3 is 2.58 bits per heavy atom. The zero-order valence-electron chi connectivity index (χ0n) is 17.8. The molecule has 0 aliphatic carbocycles. The molecule has 2 N–H and O–H groups in total. The summed E-state index contributed by atoms with van der Waals surface area (Å²) in [5, 5.41) is 6.48. The van der Waals surface area contributed by atoms with E-state index in [9.17, 15) is 9.59 Å². The average Bonchev–Trinajstić information content (AvgIpc) is 3.30. The first kappa shape index (κ1) is 20.7. The molecule has 1 fully saturated rings. The molecule has 0 saturated carbocycles. The maximum atomic E-state index is 12.8. The van der Waals surface area contributed by atoms with Crippen LogP contribution in [-0.2, 0) is 4.74 Å². The topological polar surface area (TPSA) is 101 Å². The molecule has 0 spiro atoms. The van der Waals surface area contributed by atoms with Crippen molar-refractivity contribution in [3.8, 4) is 0 Å². The molecule has 3 heterocycles. The summed E-state index contributed by atoms with van der Waals surface area (Å²) < 4.78 is 6.79. The van der Waals surface area contributed by atoms with Gasteiger partial charge in [0.1, 0.15) is 6.33 Å². The van der Waals surface area contributed by atoms with E-state index in [1.807, 2.05) is 24.3 Å². The zero-order valence-corrected chi connectivity index (χ0v) is 17.8. The molecule has 1 aliphatic rings. The number of carbonyl (C=O) groups excluding carboxylic acids is 2. The Morgan fingerprint density at radius 1 is 0.939 bits per heavy atom. The van der Waals surface area contributed by atoms with Crippen LogP contribution in [0.15, 0.2) is 73.3 Å². The molecule has 0 radical (unpaired) electrons. The van der Waals surface area contributed by atoms with Gasteiger partial charge in [0.15, 0.2) is 5.65 Å². The fourth-order valence-electron chi connectivity index (χ4n) is 3.74. The number of rotatable bonds is 4. The molecule has 9 heteroatoms. The number of benzene rings is 2. The van der Waals surface area contributed by atoms with Gasteiger partial charge in [-0.1, -0.05) is 6.07 Å². The molecular formula is C24H22N6O3. The second-order valence-corrected chi connectivity index (χ2v) is 7.60. The van der Waals surface area contributed by atoms with Crippen LogP contribution in [-0.4, -0.2) is 52.8 Å². The van der Waals surface area contributed by atoms with Crippen molar-refractivity contribution < 1.29 is 14.3 Å². The molecular weight excluding hydrogens is 420 g/mol. The summed E-state index contributed by atoms with van der Waals surface area (Å²) in [6, 6.07) is 15.9. The van der Waals surface area contributed by atoms with E-state index >= 15 is 0 Å². The lowest BCUT2D eigenvalue weighted by molar-refractivity contribution is 0.102. The number of hydrogen-bond donors (Lipinski definition) is 2. The Balaban J connectivity index is 1.25. The van der Waals surface area contributed by atoms with Crippen LogP contribution in [0.2, 0.25) is 0 Å². The normalized spacial score (nSPS) is 13.6. The zero-order chi connectivity index (χ0) is 22.6. The standard InChI is InChI=1S/C24H22N6O3/c31-23(27-19-4-6-21(7-5-19)29-10-12-33-13-11-29)17-2-1-3-20(14-17)28-24(32)30-9-8-18-15-25-16-26-22(18)30/h1-9,14-16H,10-13H2,(H,27,31)(H,28,32). The monoisotopic (exact) mass is 442 g/mol. The lowest BCUT2D eigenvalue weighted by Gasteiger charge is -2.28. The molecule has 4 aromatic rings. The van der Waals surface area contributed by atoms with Gasteiger partial charge in [0.25, 0.3) is 5.91 Å². The van der Waals surface area contributed by atoms with Crippen molar-refractivity contribution in [2.75, 3.05) is 41.8 Å². The lowest BCUT2D eigenvalue weighted by Crippen LogP contribution is -2.36. The smallest absolute Gasteiger partial charge is 0.331 e. The van der Waals surface area contributed by atoms with E-state index in [1.54, 1.807) is 42.7 Å². The Kier molecular flexibility index (Phi) is 5.69. The molecule has 2 amide bonds. The van der Waals surface area contributed by atoms with Gasteiger partial charge in [0, 0.05) is 53.5 Å². The number of hydrogen-bond acceptors (Lipinski definition) is 6. The summed E-state index contributed by atoms with van der Waals surface area (Å²) >= 11 is 0. The van der Waals surface area contributed by atoms with Gasteiger partial charge in [0.05, 0.1) is 13.2 Å². The van der Waals surface area contributed by atoms with Crippen molar-refractivity contribution in [1.82, 2.24) is 14.5 Å². The van der Waals surface area contributed by atoms with Crippen molar-refractivity contribution >= 4 is 40.0 Å². The molecule has 166 valence electrons. The van der Waals surface area contributed by atoms with Gasteiger partial charge in [-0.15, -0.1) is 0 Å². The molecule has 5 rings (SSSR count). The van der Waals surface area contributed by atoms with E-state index in [-0.39, 0.29) is 11.9 Å². The lowest BCUT2D eigenvalue weighted by atomic mass is 10.1. The first-order valence-electron chi connectivity index (χ1n) is 10.6. The molecule has 1 aliphatic heterocycles. The van der Waals surface area contributed by atoms with Gasteiger partial charge in [-0.3, -0.25) is 9.36 Å². The predicted molar refractivity (Wildman–Crippen MR) is 126 cm³/mol. The number of amides is 2. The van der Waals surface area contributed by atoms with Crippen molar-refractivity contribution in [3.05, 3.63) is 78.9 Å². The maximum absolute atomic E-state index is 12.8. The molecule has 1 saturated heterocycles. The van der Waals surface area contributed by atoms with E-state index in [2.05, 4.69) is 25.5 Å². The highest BCUT2D eigenvalue weighted by atomic mass is 16.5. The molecule has 0 bridgehead atoms. The highest BCUT2D eigenvalue weighted by Gasteiger charge is 2.13. The van der Waals surface area contributed by atoms with Crippen molar-refractivity contribution in [2.24, 2.45) is 0 Å². The van der Waals surface area contributed by atoms with Gasteiger partial charge in [-0.05, 0) is 48.5 Å². The summed E-state index contributed by atoms with van der Waals surface area (Å²) in [5.74, 6) is -0.260. The van der Waals surface area contributed by atoms with Gasteiger partial charge in [-0.25, -0.2) is 14.8 Å². The van der Waals surface area contributed by atoms with Crippen LogP contribution in [0.1, 0.15) is 10.4 Å². The van der Waals surface area contributed by atoms with Crippen LogP contribution in [0.3, 0.4) is 0 Å². The van der Waals surface area contributed by atoms with E-state index in [0.717, 1.165) is 37.4 Å². The Labute approximate surface area is 190 Å². The quantitative estimate of drug-likeness (QED) is 0.501. The van der Waals surface area contributed by atoms with Crippen molar-refractivity contribution in [1.29, 1.82) is 0 Å². The molecule has 33 heavy (non-hydrogen) atoms. The van der Waals surface area contributed by atoms with E-state index in [1.165, 1.54) is 10.9 Å². The average molecular weight is 442 g/mol. The van der Waals surface area contributed by atoms with Gasteiger partial charge in [0.2, 0.25) is 0 Å². The minimum Gasteiger partial charge on any atom is -0.378 e. The Bertz CT molecular complexity index is 1300. The largest absolute Gasteiger partial charge is 0.378 e. The number of morpholine rings is 1. The van der Waals surface area contributed by atoms with Crippen LogP contribution in [0.4, 0.5) is 21.9 Å². The number of carbonyl (C=O) groups is 2. The predicted octanol–water partition coefficient (Wildman–Crippen LogP) is 3.60. The van der Waals surface area contributed by atoms with E-state index < -0.39 is 0 Å². The number of nitrogens with zero attached hydrogens (tertiary/aromatic N) is 4. The fraction of sp³-hybridized carbons (Fsp3) is 0.167. The Morgan fingerprint density at radius 2 is 1.76 bits per heavy atom. The molecule has 2 aromatic carbocycles. The van der Waals surface area contributed by atoms with Gasteiger partial charge in [-0.2, -0.15) is 0 Å². The summed E-state index contributed by atoms with van der Waals surface area (Å²) in [7, 11) is 0. The highest BCUT2D eigenvalue weighted by Crippen LogP contribution is 2.20. The third-order valence-electron chi connectivity index (χ3n) is 5.45. The first-order valence-corrected chi connectivity index (χ1v) is 10.6. The van der Waals surface area contributed by atoms with Crippen LogP contribution >= 0.6 is 0 Å². The second-order valence-electron chi connectivity index (χ2n) is 7.60. The fourth-order valence-corrected chi connectivity index (χ4v) is 3.74. The number of ether oxygens (including phenoxy) is 1. The highest BCUT2D eigenvalue weighted by molar-refractivity contribution is 6.05. The number of anilines is 3. The number of fused-ring (bicyclic) bond motifs is 1. The van der Waals surface area contributed by atoms with Gasteiger partial charge >= 0.3 is 6.03 Å². The van der Waals surface area contributed by atoms with Crippen LogP contribution in [0.5, 0.6) is 0 Å². The number of nitrogens with one attached hydrogen (secondary N) is 2. The van der Waals surface area contributed by atoms with Crippen molar-refractivity contribution in [2.45, 2.75) is 0 Å². The maximum Gasteiger partial charge on any atom is 0.331 e.